The number of aryl methyl sites for hydroxylation is 2. The van der Waals surface area contributed by atoms with E-state index in [4.69, 9.17) is 0 Å². The summed E-state index contributed by atoms with van der Waals surface area (Å²) in [6.07, 6.45) is 1.18. The zero-order chi connectivity index (χ0) is 12.4. The Balaban J connectivity index is 2.36. The summed E-state index contributed by atoms with van der Waals surface area (Å²) in [7, 11) is 0. The van der Waals surface area contributed by atoms with Gasteiger partial charge >= 0.3 is 6.03 Å². The van der Waals surface area contributed by atoms with E-state index in [1.807, 2.05) is 32.0 Å². The molecular formula is C12H11N3O2. The molecule has 3 amide bonds. The van der Waals surface area contributed by atoms with Crippen molar-refractivity contribution in [1.29, 1.82) is 0 Å². The van der Waals surface area contributed by atoms with Crippen molar-refractivity contribution in [2.24, 2.45) is 9.98 Å². The van der Waals surface area contributed by atoms with Crippen molar-refractivity contribution in [3.8, 4) is 0 Å². The van der Waals surface area contributed by atoms with Gasteiger partial charge in [-0.15, -0.1) is 0 Å². The fourth-order valence-electron chi connectivity index (χ4n) is 1.39. The Kier molecular flexibility index (Phi) is 2.82. The van der Waals surface area contributed by atoms with Crippen LogP contribution < -0.4 is 5.32 Å². The first-order valence-corrected chi connectivity index (χ1v) is 5.11. The molecule has 1 heterocycles. The van der Waals surface area contributed by atoms with Gasteiger partial charge < -0.3 is 0 Å². The Morgan fingerprint density at radius 2 is 1.94 bits per heavy atom. The van der Waals surface area contributed by atoms with Gasteiger partial charge in [0.1, 0.15) is 5.71 Å². The third kappa shape index (κ3) is 2.44. The summed E-state index contributed by atoms with van der Waals surface area (Å²) in [4.78, 5) is 29.8. The molecule has 0 radical (unpaired) electrons. The fourth-order valence-corrected chi connectivity index (χ4v) is 1.39. The second kappa shape index (κ2) is 4.29. The van der Waals surface area contributed by atoms with E-state index in [0.29, 0.717) is 5.69 Å². The Hall–Kier alpha value is -2.30. The summed E-state index contributed by atoms with van der Waals surface area (Å²) in [5.41, 5.74) is 3.05. The Labute approximate surface area is 98.3 Å². The van der Waals surface area contributed by atoms with E-state index >= 15 is 0 Å². The van der Waals surface area contributed by atoms with E-state index in [1.54, 1.807) is 0 Å². The zero-order valence-electron chi connectivity index (χ0n) is 9.52. The van der Waals surface area contributed by atoms with E-state index in [2.05, 4.69) is 15.3 Å². The van der Waals surface area contributed by atoms with Crippen LogP contribution in [-0.4, -0.2) is 23.9 Å². The molecular weight excluding hydrogens is 218 g/mol. The molecule has 1 N–H and O–H groups in total. The van der Waals surface area contributed by atoms with Crippen molar-refractivity contribution in [2.75, 3.05) is 0 Å². The normalized spacial score (nSPS) is 17.4. The number of benzene rings is 1. The summed E-state index contributed by atoms with van der Waals surface area (Å²) in [5.74, 6) is -0.525. The van der Waals surface area contributed by atoms with Crippen LogP contribution in [0.2, 0.25) is 0 Å². The topological polar surface area (TPSA) is 70.9 Å². The Morgan fingerprint density at radius 3 is 2.59 bits per heavy atom. The van der Waals surface area contributed by atoms with Crippen LogP contribution in [0.1, 0.15) is 11.1 Å². The molecule has 0 aromatic heterocycles. The molecule has 0 saturated heterocycles. The standard InChI is InChI=1S/C12H11N3O2/c1-7-3-4-9(5-8(7)2)14-10-6-13-12(17)15-11(10)16/h3-6H,1-2H3,(H,15,16,17). The minimum absolute atomic E-state index is 0.132. The summed E-state index contributed by atoms with van der Waals surface area (Å²) >= 11 is 0. The molecule has 0 bridgehead atoms. The number of nitrogens with zero attached hydrogens (tertiary/aromatic N) is 2. The van der Waals surface area contributed by atoms with Gasteiger partial charge in [0.15, 0.2) is 0 Å². The van der Waals surface area contributed by atoms with Gasteiger partial charge in [0.2, 0.25) is 0 Å². The molecule has 5 heteroatoms. The SMILES string of the molecule is Cc1ccc(N=C2C=NC(=O)NC2=O)cc1C. The van der Waals surface area contributed by atoms with Crippen LogP contribution in [-0.2, 0) is 4.79 Å². The van der Waals surface area contributed by atoms with Crippen molar-refractivity contribution in [3.63, 3.8) is 0 Å². The van der Waals surface area contributed by atoms with Crippen molar-refractivity contribution < 1.29 is 9.59 Å². The fraction of sp³-hybridized carbons (Fsp3) is 0.167. The molecule has 1 aromatic rings. The number of carbonyl (C=O) groups is 2. The van der Waals surface area contributed by atoms with Crippen LogP contribution in [0.25, 0.3) is 0 Å². The Bertz CT molecular complexity index is 559. The number of amides is 3. The van der Waals surface area contributed by atoms with Gasteiger partial charge in [0.25, 0.3) is 5.91 Å². The number of urea groups is 1. The lowest BCUT2D eigenvalue weighted by Gasteiger charge is -2.06. The van der Waals surface area contributed by atoms with Crippen LogP contribution in [0.5, 0.6) is 0 Å². The van der Waals surface area contributed by atoms with Crippen molar-refractivity contribution >= 4 is 29.6 Å². The van der Waals surface area contributed by atoms with Gasteiger partial charge in [-0.2, -0.15) is 4.99 Å². The van der Waals surface area contributed by atoms with E-state index in [9.17, 15) is 9.59 Å². The van der Waals surface area contributed by atoms with Crippen LogP contribution >= 0.6 is 0 Å². The van der Waals surface area contributed by atoms with E-state index in [1.165, 1.54) is 6.21 Å². The van der Waals surface area contributed by atoms with Gasteiger partial charge in [-0.05, 0) is 37.1 Å². The molecule has 5 nitrogen and oxygen atoms in total. The van der Waals surface area contributed by atoms with E-state index < -0.39 is 11.9 Å². The first kappa shape index (κ1) is 11.2. The number of carbonyl (C=O) groups excluding carboxylic acids is 2. The van der Waals surface area contributed by atoms with Gasteiger partial charge in [-0.1, -0.05) is 6.07 Å². The number of hydrogen-bond donors (Lipinski definition) is 1. The summed E-state index contributed by atoms with van der Waals surface area (Å²) in [6, 6.07) is 4.96. The number of rotatable bonds is 1. The summed E-state index contributed by atoms with van der Waals surface area (Å²) in [5, 5.41) is 2.07. The zero-order valence-corrected chi connectivity index (χ0v) is 9.52. The highest BCUT2D eigenvalue weighted by atomic mass is 16.2. The smallest absolute Gasteiger partial charge is 0.271 e. The second-order valence-electron chi connectivity index (χ2n) is 3.78. The predicted octanol–water partition coefficient (Wildman–Crippen LogP) is 1.70. The minimum atomic E-state index is -0.658. The van der Waals surface area contributed by atoms with Crippen LogP contribution in [0.4, 0.5) is 10.5 Å². The maximum Gasteiger partial charge on any atom is 0.347 e. The van der Waals surface area contributed by atoms with Gasteiger partial charge in [0.05, 0.1) is 11.9 Å². The Morgan fingerprint density at radius 1 is 1.18 bits per heavy atom. The second-order valence-corrected chi connectivity index (χ2v) is 3.78. The number of aliphatic imine (C=N–C) groups is 2. The van der Waals surface area contributed by atoms with Crippen molar-refractivity contribution in [2.45, 2.75) is 13.8 Å². The first-order valence-electron chi connectivity index (χ1n) is 5.11. The molecule has 0 atom stereocenters. The molecule has 17 heavy (non-hydrogen) atoms. The average molecular weight is 229 g/mol. The summed E-state index contributed by atoms with van der Waals surface area (Å²) < 4.78 is 0. The number of hydrogen-bond acceptors (Lipinski definition) is 3. The first-order chi connectivity index (χ1) is 8.06. The molecule has 0 saturated carbocycles. The number of imide groups is 1. The molecule has 1 aliphatic rings. The lowest BCUT2D eigenvalue weighted by atomic mass is 10.1. The molecule has 1 aliphatic heterocycles. The van der Waals surface area contributed by atoms with Crippen molar-refractivity contribution in [1.82, 2.24) is 5.32 Å². The highest BCUT2D eigenvalue weighted by Gasteiger charge is 2.17. The highest BCUT2D eigenvalue weighted by molar-refractivity contribution is 6.64. The highest BCUT2D eigenvalue weighted by Crippen LogP contribution is 2.17. The molecule has 1 aromatic carbocycles. The molecule has 0 unspecified atom stereocenters. The molecule has 0 fully saturated rings. The molecule has 0 spiro atoms. The largest absolute Gasteiger partial charge is 0.347 e. The maximum atomic E-state index is 11.4. The molecule has 2 rings (SSSR count). The maximum absolute atomic E-state index is 11.4. The van der Waals surface area contributed by atoms with Gasteiger partial charge in [-0.25, -0.2) is 9.79 Å². The molecule has 86 valence electrons. The van der Waals surface area contributed by atoms with Crippen LogP contribution in [0, 0.1) is 13.8 Å². The third-order valence-corrected chi connectivity index (χ3v) is 2.50. The molecule has 0 aliphatic carbocycles. The minimum Gasteiger partial charge on any atom is -0.271 e. The predicted molar refractivity (Wildman–Crippen MR) is 65.0 cm³/mol. The van der Waals surface area contributed by atoms with Crippen LogP contribution in [0.15, 0.2) is 28.2 Å². The van der Waals surface area contributed by atoms with Gasteiger partial charge in [0, 0.05) is 0 Å². The lowest BCUT2D eigenvalue weighted by molar-refractivity contribution is -0.113. The monoisotopic (exact) mass is 229 g/mol. The summed E-state index contributed by atoms with van der Waals surface area (Å²) in [6.45, 7) is 3.97. The van der Waals surface area contributed by atoms with E-state index in [0.717, 1.165) is 11.1 Å². The van der Waals surface area contributed by atoms with Gasteiger partial charge in [-0.3, -0.25) is 10.1 Å². The average Bonchev–Trinajstić information content (AvgIpc) is 2.27. The quantitative estimate of drug-likeness (QED) is 0.796. The lowest BCUT2D eigenvalue weighted by Crippen LogP contribution is -2.39. The number of nitrogens with one attached hydrogen (secondary N) is 1. The van der Waals surface area contributed by atoms with Crippen molar-refractivity contribution in [3.05, 3.63) is 29.3 Å². The van der Waals surface area contributed by atoms with Crippen LogP contribution in [0.3, 0.4) is 0 Å². The third-order valence-electron chi connectivity index (χ3n) is 2.50. The van der Waals surface area contributed by atoms with E-state index in [-0.39, 0.29) is 5.71 Å².